The highest BCUT2D eigenvalue weighted by atomic mass is 32.1. The Morgan fingerprint density at radius 3 is 2.28 bits per heavy atom. The number of hydrogen-bond donors (Lipinski definition) is 2. The molecule has 2 rings (SSSR count). The largest absolute Gasteiger partial charge is 0.484 e. The van der Waals surface area contributed by atoms with Gasteiger partial charge in [0.05, 0.1) is 0 Å². The molecular formula is C19H23N3O2S. The lowest BCUT2D eigenvalue weighted by Crippen LogP contribution is -2.37. The number of thiocarbonyl (C=S) groups is 1. The van der Waals surface area contributed by atoms with Crippen LogP contribution >= 0.6 is 12.2 Å². The topological polar surface area (TPSA) is 53.6 Å². The molecule has 0 aliphatic carbocycles. The fraction of sp³-hybridized carbons (Fsp3) is 0.263. The molecule has 1 amide bonds. The van der Waals surface area contributed by atoms with Gasteiger partial charge in [-0.1, -0.05) is 18.2 Å². The van der Waals surface area contributed by atoms with Crippen molar-refractivity contribution in [3.05, 3.63) is 54.6 Å². The zero-order chi connectivity index (χ0) is 18.1. The molecule has 0 fully saturated rings. The Kier molecular flexibility index (Phi) is 7.22. The Labute approximate surface area is 154 Å². The zero-order valence-corrected chi connectivity index (χ0v) is 15.3. The molecule has 2 aromatic carbocycles. The first-order valence-electron chi connectivity index (χ1n) is 8.26. The summed E-state index contributed by atoms with van der Waals surface area (Å²) in [5.41, 5.74) is 1.98. The number of rotatable bonds is 7. The maximum atomic E-state index is 11.9. The third-order valence-electron chi connectivity index (χ3n) is 3.62. The minimum Gasteiger partial charge on any atom is -0.484 e. The molecule has 2 N–H and O–H groups in total. The molecule has 0 radical (unpaired) electrons. The fourth-order valence-electron chi connectivity index (χ4n) is 2.33. The highest BCUT2D eigenvalue weighted by Gasteiger charge is 2.07. The Bertz CT molecular complexity index is 686. The molecule has 0 saturated heterocycles. The predicted molar refractivity (Wildman–Crippen MR) is 106 cm³/mol. The number of hydrogen-bond acceptors (Lipinski definition) is 4. The lowest BCUT2D eigenvalue weighted by atomic mass is 10.2. The van der Waals surface area contributed by atoms with Crippen LogP contribution in [0.3, 0.4) is 0 Å². The van der Waals surface area contributed by atoms with Gasteiger partial charge in [0, 0.05) is 24.5 Å². The van der Waals surface area contributed by atoms with Crippen LogP contribution in [0.5, 0.6) is 5.75 Å². The highest BCUT2D eigenvalue weighted by Crippen LogP contribution is 2.17. The molecule has 0 bridgehead atoms. The summed E-state index contributed by atoms with van der Waals surface area (Å²) in [4.78, 5) is 14.1. The lowest BCUT2D eigenvalue weighted by Gasteiger charge is -2.21. The maximum absolute atomic E-state index is 11.9. The first kappa shape index (κ1) is 18.7. The lowest BCUT2D eigenvalue weighted by molar-refractivity contribution is -0.121. The van der Waals surface area contributed by atoms with Crippen molar-refractivity contribution in [3.63, 3.8) is 0 Å². The second-order valence-corrected chi connectivity index (χ2v) is 5.73. The van der Waals surface area contributed by atoms with Crippen LogP contribution in [-0.2, 0) is 4.79 Å². The average Bonchev–Trinajstić information content (AvgIpc) is 2.63. The van der Waals surface area contributed by atoms with E-state index in [1.54, 1.807) is 12.1 Å². The second kappa shape index (κ2) is 9.64. The van der Waals surface area contributed by atoms with E-state index in [9.17, 15) is 4.79 Å². The van der Waals surface area contributed by atoms with Gasteiger partial charge in [-0.2, -0.15) is 0 Å². The van der Waals surface area contributed by atoms with Crippen LogP contribution in [0.4, 0.5) is 11.4 Å². The summed E-state index contributed by atoms with van der Waals surface area (Å²) in [5.74, 6) is 0.338. The normalized spacial score (nSPS) is 10.0. The number of nitrogens with zero attached hydrogens (tertiary/aromatic N) is 1. The van der Waals surface area contributed by atoms with Crippen LogP contribution in [0, 0.1) is 0 Å². The van der Waals surface area contributed by atoms with E-state index in [4.69, 9.17) is 17.0 Å². The van der Waals surface area contributed by atoms with E-state index in [0.29, 0.717) is 5.75 Å². The monoisotopic (exact) mass is 357 g/mol. The molecule has 0 heterocycles. The Morgan fingerprint density at radius 1 is 1.04 bits per heavy atom. The van der Waals surface area contributed by atoms with E-state index in [0.717, 1.165) is 24.5 Å². The number of para-hydroxylation sites is 1. The summed E-state index contributed by atoms with van der Waals surface area (Å²) < 4.78 is 5.38. The van der Waals surface area contributed by atoms with Gasteiger partial charge in [-0.25, -0.2) is 0 Å². The van der Waals surface area contributed by atoms with E-state index in [1.165, 1.54) is 0 Å². The zero-order valence-electron chi connectivity index (χ0n) is 14.5. The van der Waals surface area contributed by atoms with Gasteiger partial charge < -0.3 is 15.0 Å². The van der Waals surface area contributed by atoms with Crippen LogP contribution in [0.2, 0.25) is 0 Å². The van der Waals surface area contributed by atoms with Gasteiger partial charge in [0.1, 0.15) is 5.75 Å². The van der Waals surface area contributed by atoms with Gasteiger partial charge in [0.15, 0.2) is 11.7 Å². The van der Waals surface area contributed by atoms with Crippen molar-refractivity contribution in [2.24, 2.45) is 0 Å². The molecule has 0 aliphatic heterocycles. The molecule has 0 aromatic heterocycles. The van der Waals surface area contributed by atoms with Gasteiger partial charge in [-0.05, 0) is 62.5 Å². The van der Waals surface area contributed by atoms with Gasteiger partial charge in [-0.15, -0.1) is 0 Å². The molecule has 2 aromatic rings. The Morgan fingerprint density at radius 2 is 1.68 bits per heavy atom. The van der Waals surface area contributed by atoms with Crippen LogP contribution in [0.15, 0.2) is 54.6 Å². The summed E-state index contributed by atoms with van der Waals surface area (Å²) in [6.07, 6.45) is 0. The molecule has 0 atom stereocenters. The smallest absolute Gasteiger partial charge is 0.264 e. The first-order valence-corrected chi connectivity index (χ1v) is 8.67. The van der Waals surface area contributed by atoms with Crippen molar-refractivity contribution >= 4 is 34.6 Å². The SMILES string of the molecule is CCN(CC)c1ccc(NC(=S)NC(=O)COc2ccccc2)cc1. The molecule has 25 heavy (non-hydrogen) atoms. The van der Waals surface area contributed by atoms with Crippen LogP contribution in [0.1, 0.15) is 13.8 Å². The molecule has 0 unspecified atom stereocenters. The highest BCUT2D eigenvalue weighted by molar-refractivity contribution is 7.80. The number of carbonyl (C=O) groups excluding carboxylic acids is 1. The van der Waals surface area contributed by atoms with E-state index < -0.39 is 0 Å². The standard InChI is InChI=1S/C19H23N3O2S/c1-3-22(4-2)16-12-10-15(11-13-16)20-19(25)21-18(23)14-24-17-8-6-5-7-9-17/h5-13H,3-4,14H2,1-2H3,(H2,20,21,23,25). The van der Waals surface area contributed by atoms with Gasteiger partial charge in [0.2, 0.25) is 0 Å². The van der Waals surface area contributed by atoms with Gasteiger partial charge >= 0.3 is 0 Å². The summed E-state index contributed by atoms with van der Waals surface area (Å²) in [7, 11) is 0. The van der Waals surface area contributed by atoms with Gasteiger partial charge in [-0.3, -0.25) is 10.1 Å². The quantitative estimate of drug-likeness (QED) is 0.744. The molecule has 0 spiro atoms. The average molecular weight is 357 g/mol. The maximum Gasteiger partial charge on any atom is 0.264 e. The molecular weight excluding hydrogens is 334 g/mol. The molecule has 132 valence electrons. The van der Waals surface area contributed by atoms with Crippen LogP contribution in [-0.4, -0.2) is 30.7 Å². The van der Waals surface area contributed by atoms with Crippen molar-refractivity contribution < 1.29 is 9.53 Å². The molecule has 5 nitrogen and oxygen atoms in total. The second-order valence-electron chi connectivity index (χ2n) is 5.32. The minimum atomic E-state index is -0.305. The van der Waals surface area contributed by atoms with E-state index in [2.05, 4.69) is 29.4 Å². The molecule has 0 saturated carbocycles. The van der Waals surface area contributed by atoms with Gasteiger partial charge in [0.25, 0.3) is 5.91 Å². The third-order valence-corrected chi connectivity index (χ3v) is 3.82. The first-order chi connectivity index (χ1) is 12.1. The van der Waals surface area contributed by atoms with Crippen molar-refractivity contribution in [1.29, 1.82) is 0 Å². The van der Waals surface area contributed by atoms with E-state index in [1.807, 2.05) is 42.5 Å². The van der Waals surface area contributed by atoms with Crippen molar-refractivity contribution in [3.8, 4) is 5.75 Å². The van der Waals surface area contributed by atoms with Crippen molar-refractivity contribution in [2.45, 2.75) is 13.8 Å². The molecule has 6 heteroatoms. The van der Waals surface area contributed by atoms with Crippen molar-refractivity contribution in [2.75, 3.05) is 29.9 Å². The number of anilines is 2. The number of benzene rings is 2. The summed E-state index contributed by atoms with van der Waals surface area (Å²) in [6.45, 7) is 6.07. The summed E-state index contributed by atoms with van der Waals surface area (Å²) >= 11 is 5.16. The number of carbonyl (C=O) groups is 1. The third kappa shape index (κ3) is 6.08. The number of amides is 1. The Balaban J connectivity index is 1.80. The van der Waals surface area contributed by atoms with Crippen LogP contribution in [0.25, 0.3) is 0 Å². The van der Waals surface area contributed by atoms with Crippen molar-refractivity contribution in [1.82, 2.24) is 5.32 Å². The minimum absolute atomic E-state index is 0.0905. The summed E-state index contributed by atoms with van der Waals surface area (Å²) in [5, 5.41) is 5.85. The predicted octanol–water partition coefficient (Wildman–Crippen LogP) is 3.42. The van der Waals surface area contributed by atoms with Crippen LogP contribution < -0.4 is 20.3 Å². The fourth-order valence-corrected chi connectivity index (χ4v) is 2.57. The molecule has 0 aliphatic rings. The Hall–Kier alpha value is -2.60. The van der Waals surface area contributed by atoms with E-state index in [-0.39, 0.29) is 17.6 Å². The summed E-state index contributed by atoms with van der Waals surface area (Å²) in [6, 6.07) is 17.1. The van der Waals surface area contributed by atoms with E-state index >= 15 is 0 Å². The number of ether oxygens (including phenoxy) is 1. The number of nitrogens with one attached hydrogen (secondary N) is 2.